The number of aromatic nitrogens is 6. The highest BCUT2D eigenvalue weighted by atomic mass is 19.4. The van der Waals surface area contributed by atoms with Crippen molar-refractivity contribution in [3.8, 4) is 0 Å². The number of esters is 1. The van der Waals surface area contributed by atoms with Crippen LogP contribution in [0, 0.1) is 25.7 Å². The number of methoxy groups -OCH3 is 1. The van der Waals surface area contributed by atoms with E-state index < -0.39 is 36.1 Å². The van der Waals surface area contributed by atoms with Crippen LogP contribution in [0.25, 0.3) is 22.1 Å². The molecule has 0 spiro atoms. The van der Waals surface area contributed by atoms with E-state index >= 15 is 0 Å². The van der Waals surface area contributed by atoms with Crippen molar-refractivity contribution in [2.24, 2.45) is 11.8 Å². The second-order valence-electron chi connectivity index (χ2n) is 20.4. The van der Waals surface area contributed by atoms with E-state index in [0.717, 1.165) is 92.6 Å². The first-order valence-corrected chi connectivity index (χ1v) is 26.5. The number of hydrogen-bond acceptors (Lipinski definition) is 10. The van der Waals surface area contributed by atoms with Gasteiger partial charge in [0.15, 0.2) is 0 Å². The molecule has 4 aliphatic rings. The van der Waals surface area contributed by atoms with Crippen molar-refractivity contribution in [2.45, 2.75) is 129 Å². The topological polar surface area (TPSA) is 173 Å². The maximum Gasteiger partial charge on any atom is 0.391 e. The summed E-state index contributed by atoms with van der Waals surface area (Å²) in [4.78, 5) is 40.5. The van der Waals surface area contributed by atoms with E-state index in [1.807, 2.05) is 48.9 Å². The van der Waals surface area contributed by atoms with E-state index in [9.17, 15) is 45.8 Å². The molecule has 3 N–H and O–H groups in total. The largest absolute Gasteiger partial charge is 0.481 e. The summed E-state index contributed by atoms with van der Waals surface area (Å²) in [6.07, 6.45) is -5.99. The molecule has 2 saturated heterocycles. The second kappa shape index (κ2) is 24.4. The Labute approximate surface area is 443 Å². The molecule has 0 saturated carbocycles. The number of halogens is 6. The predicted octanol–water partition coefficient (Wildman–Crippen LogP) is 9.77. The van der Waals surface area contributed by atoms with Crippen LogP contribution in [0.4, 0.5) is 31.1 Å². The van der Waals surface area contributed by atoms with Gasteiger partial charge in [0, 0.05) is 57.6 Å². The minimum absolute atomic E-state index is 0.0730. The molecule has 2 unspecified atom stereocenters. The minimum Gasteiger partial charge on any atom is -0.481 e. The number of aliphatic carboxylic acids is 1. The van der Waals surface area contributed by atoms with Crippen molar-refractivity contribution in [1.82, 2.24) is 50.4 Å². The number of benzene rings is 4. The third-order valence-corrected chi connectivity index (χ3v) is 15.8. The van der Waals surface area contributed by atoms with Gasteiger partial charge < -0.3 is 30.3 Å². The minimum atomic E-state index is -4.22. The Hall–Kier alpha value is -6.61. The van der Waals surface area contributed by atoms with Gasteiger partial charge >= 0.3 is 30.3 Å². The SMILES string of the molecule is CCn1nnc2c(C)c(C(CC(=O)O)c3ccc4c(c3)CN(C(=O)N3CCC(C(F)(F)F)CC3)CC4)ccc21.CCn1nnc2c(C)c(C(CC(=O)OC)c3ccc4c(c3)CNCC4)ccc21.FC(F)(F)C1CCNCC1. The number of carboxylic acid groups (broad SMARTS) is 1. The van der Waals surface area contributed by atoms with Crippen LogP contribution in [0.1, 0.15) is 120 Å². The third kappa shape index (κ3) is 13.1. The van der Waals surface area contributed by atoms with Crippen molar-refractivity contribution in [2.75, 3.05) is 46.4 Å². The Kier molecular flexibility index (Phi) is 17.9. The van der Waals surface area contributed by atoms with Gasteiger partial charge in [-0.3, -0.25) is 9.59 Å². The summed E-state index contributed by atoms with van der Waals surface area (Å²) >= 11 is 0. The Balaban J connectivity index is 0.000000179. The molecule has 4 aliphatic heterocycles. The molecule has 6 aromatic rings. The Morgan fingerprint density at radius 3 is 1.68 bits per heavy atom. The molecule has 0 aliphatic carbocycles. The molecular formula is C56H68F6N10O5. The number of alkyl halides is 6. The first kappa shape index (κ1) is 56.6. The summed E-state index contributed by atoms with van der Waals surface area (Å²) in [5, 5.41) is 33.2. The number of nitrogens with one attached hydrogen (secondary N) is 2. The van der Waals surface area contributed by atoms with E-state index in [1.165, 1.54) is 23.1 Å². The lowest BCUT2D eigenvalue weighted by Gasteiger charge is -2.38. The second-order valence-corrected chi connectivity index (χ2v) is 20.4. The summed E-state index contributed by atoms with van der Waals surface area (Å²) < 4.78 is 83.6. The zero-order valence-electron chi connectivity index (χ0n) is 44.2. The van der Waals surface area contributed by atoms with Gasteiger partial charge in [0.1, 0.15) is 11.0 Å². The molecular weight excluding hydrogens is 1010 g/mol. The number of fused-ring (bicyclic) bond motifs is 4. The van der Waals surface area contributed by atoms with Crippen LogP contribution in [0.15, 0.2) is 60.7 Å². The zero-order chi connectivity index (χ0) is 55.2. The summed E-state index contributed by atoms with van der Waals surface area (Å²) in [6.45, 7) is 13.4. The summed E-state index contributed by atoms with van der Waals surface area (Å²) in [5.41, 5.74) is 14.2. The molecule has 414 valence electrons. The number of carbonyl (C=O) groups is 3. The quantitative estimate of drug-likeness (QED) is 0.0881. The Bertz CT molecular complexity index is 3050. The van der Waals surface area contributed by atoms with Crippen LogP contribution >= 0.6 is 0 Å². The maximum absolute atomic E-state index is 13.2. The lowest BCUT2D eigenvalue weighted by Crippen LogP contribution is -2.49. The van der Waals surface area contributed by atoms with Crippen LogP contribution < -0.4 is 10.6 Å². The average Bonchev–Trinajstić information content (AvgIpc) is 4.07. The number of carbonyl (C=O) groups excluding carboxylic acids is 2. The normalized spacial score (nSPS) is 17.1. The zero-order valence-corrected chi connectivity index (χ0v) is 44.2. The summed E-state index contributed by atoms with van der Waals surface area (Å²) in [6, 6.07) is 20.3. The van der Waals surface area contributed by atoms with Gasteiger partial charge in [0.05, 0.1) is 42.8 Å². The van der Waals surface area contributed by atoms with Gasteiger partial charge in [-0.1, -0.05) is 59.0 Å². The molecule has 4 aromatic carbocycles. The average molecular weight is 1080 g/mol. The first-order valence-electron chi connectivity index (χ1n) is 26.5. The Morgan fingerprint density at radius 2 is 1.17 bits per heavy atom. The molecule has 77 heavy (non-hydrogen) atoms. The first-order chi connectivity index (χ1) is 36.8. The maximum atomic E-state index is 13.2. The number of carboxylic acids is 1. The van der Waals surface area contributed by atoms with Crippen LogP contribution in [0.3, 0.4) is 0 Å². The van der Waals surface area contributed by atoms with Crippen molar-refractivity contribution >= 4 is 40.0 Å². The van der Waals surface area contributed by atoms with E-state index in [2.05, 4.69) is 75.4 Å². The fraction of sp³-hybridized carbons (Fsp3) is 0.518. The number of nitrogens with zero attached hydrogens (tertiary/aromatic N) is 8. The van der Waals surface area contributed by atoms with Crippen molar-refractivity contribution in [1.29, 1.82) is 0 Å². The number of urea groups is 1. The summed E-state index contributed by atoms with van der Waals surface area (Å²) in [7, 11) is 1.44. The molecule has 0 bridgehead atoms. The van der Waals surface area contributed by atoms with Gasteiger partial charge in [-0.05, 0) is 154 Å². The fourth-order valence-corrected chi connectivity index (χ4v) is 11.2. The predicted molar refractivity (Wildman–Crippen MR) is 278 cm³/mol. The van der Waals surface area contributed by atoms with E-state index in [4.69, 9.17) is 4.74 Å². The van der Waals surface area contributed by atoms with Crippen molar-refractivity contribution < 1.29 is 50.6 Å². The number of piperidine rings is 2. The third-order valence-electron chi connectivity index (χ3n) is 15.8. The van der Waals surface area contributed by atoms with Crippen molar-refractivity contribution in [3.63, 3.8) is 0 Å². The molecule has 2 atom stereocenters. The number of rotatable bonds is 10. The molecule has 2 amide bonds. The van der Waals surface area contributed by atoms with Crippen molar-refractivity contribution in [3.05, 3.63) is 116 Å². The van der Waals surface area contributed by atoms with Gasteiger partial charge in [0.2, 0.25) is 0 Å². The van der Waals surface area contributed by atoms with Gasteiger partial charge in [-0.2, -0.15) is 26.3 Å². The lowest BCUT2D eigenvalue weighted by molar-refractivity contribution is -0.184. The standard InChI is InChI=1S/C28H32F3N5O3.C22H26N4O2.C6H10F3N/c1-3-36-24-7-6-22(17(2)26(24)32-33-36)23(15-25(37)38)19-5-4-18-8-11-35(16-20(18)14-19)27(39)34-12-9-21(10-13-34)28(29,30)31;1-4-26-20-8-7-18(14(2)22(20)24-25-26)19(12-21(27)28-3)16-6-5-15-9-10-23-13-17(15)11-16;7-6(8,9)5-1-3-10-4-2-5/h4-7,14,21,23H,3,8-13,15-16H2,1-2H3,(H,37,38);5-8,11,19,23H,4,9-10,12-13H2,1-3H3;5,10H,1-4H2. The molecule has 6 heterocycles. The van der Waals surface area contributed by atoms with E-state index in [1.54, 1.807) is 9.58 Å². The molecule has 15 nitrogen and oxygen atoms in total. The van der Waals surface area contributed by atoms with Gasteiger partial charge in [0.25, 0.3) is 0 Å². The van der Waals surface area contributed by atoms with E-state index in [0.29, 0.717) is 45.6 Å². The highest BCUT2D eigenvalue weighted by Gasteiger charge is 2.43. The number of likely N-dealkylation sites (tertiary alicyclic amines) is 1. The van der Waals surface area contributed by atoms with Crippen LogP contribution in [0.5, 0.6) is 0 Å². The molecule has 2 fully saturated rings. The highest BCUT2D eigenvalue weighted by molar-refractivity contribution is 5.82. The number of ether oxygens (including phenoxy) is 1. The number of hydrogen-bond donors (Lipinski definition) is 3. The number of amides is 2. The highest BCUT2D eigenvalue weighted by Crippen LogP contribution is 2.39. The monoisotopic (exact) mass is 1070 g/mol. The van der Waals surface area contributed by atoms with Gasteiger partial charge in [-0.15, -0.1) is 10.2 Å². The lowest BCUT2D eigenvalue weighted by atomic mass is 9.83. The molecule has 10 rings (SSSR count). The molecule has 2 aromatic heterocycles. The van der Waals surface area contributed by atoms with Crippen LogP contribution in [-0.2, 0) is 53.3 Å². The summed E-state index contributed by atoms with van der Waals surface area (Å²) in [5.74, 6) is -4.04. The Morgan fingerprint density at radius 1 is 0.649 bits per heavy atom. The number of aryl methyl sites for hydroxylation is 4. The smallest absolute Gasteiger partial charge is 0.391 e. The van der Waals surface area contributed by atoms with E-state index in [-0.39, 0.29) is 63.1 Å². The molecule has 0 radical (unpaired) electrons. The van der Waals surface area contributed by atoms with Gasteiger partial charge in [-0.25, -0.2) is 14.2 Å². The fourth-order valence-electron chi connectivity index (χ4n) is 11.2. The molecule has 21 heteroatoms. The van der Waals surface area contributed by atoms with Crippen LogP contribution in [-0.4, -0.2) is 122 Å². The van der Waals surface area contributed by atoms with Crippen LogP contribution in [0.2, 0.25) is 0 Å².